The van der Waals surface area contributed by atoms with Crippen molar-refractivity contribution in [2.75, 3.05) is 13.7 Å². The van der Waals surface area contributed by atoms with Gasteiger partial charge in [-0.15, -0.1) is 0 Å². The Kier molecular flexibility index (Phi) is 5.53. The summed E-state index contributed by atoms with van der Waals surface area (Å²) in [5.41, 5.74) is 1.55. The third-order valence-corrected chi connectivity index (χ3v) is 4.67. The maximum Gasteiger partial charge on any atom is 0.404 e. The number of ether oxygens (including phenoxy) is 2. The summed E-state index contributed by atoms with van der Waals surface area (Å²) in [5, 5.41) is 11.3. The van der Waals surface area contributed by atoms with E-state index in [1.807, 2.05) is 12.1 Å². The molecule has 1 amide bonds. The smallest absolute Gasteiger partial charge is 0.404 e. The fourth-order valence-electron chi connectivity index (χ4n) is 3.28. The molecule has 1 fully saturated rings. The van der Waals surface area contributed by atoms with Crippen molar-refractivity contribution in [3.63, 3.8) is 0 Å². The summed E-state index contributed by atoms with van der Waals surface area (Å²) in [7, 11) is 1.59. The molecule has 7 nitrogen and oxygen atoms in total. The summed E-state index contributed by atoms with van der Waals surface area (Å²) in [6.07, 6.45) is 5.61. The van der Waals surface area contributed by atoms with Gasteiger partial charge in [0.1, 0.15) is 5.75 Å². The van der Waals surface area contributed by atoms with Crippen molar-refractivity contribution in [2.24, 2.45) is 5.92 Å². The van der Waals surface area contributed by atoms with E-state index < -0.39 is 6.09 Å². The van der Waals surface area contributed by atoms with E-state index in [0.29, 0.717) is 24.2 Å². The van der Waals surface area contributed by atoms with Crippen LogP contribution in [0.2, 0.25) is 0 Å². The van der Waals surface area contributed by atoms with Gasteiger partial charge in [-0.2, -0.15) is 0 Å². The van der Waals surface area contributed by atoms with Gasteiger partial charge in [0.25, 0.3) is 0 Å². The van der Waals surface area contributed by atoms with E-state index in [1.54, 1.807) is 19.4 Å². The molecule has 134 valence electrons. The Morgan fingerprint density at radius 1 is 1.28 bits per heavy atom. The molecule has 0 radical (unpaired) electrons. The van der Waals surface area contributed by atoms with Gasteiger partial charge in [0.15, 0.2) is 0 Å². The number of carboxylic acid groups (broad SMARTS) is 1. The highest BCUT2D eigenvalue weighted by molar-refractivity contribution is 5.75. The quantitative estimate of drug-likeness (QED) is 0.835. The number of carbonyl (C=O) groups is 1. The van der Waals surface area contributed by atoms with Crippen LogP contribution >= 0.6 is 0 Å². The molecule has 25 heavy (non-hydrogen) atoms. The van der Waals surface area contributed by atoms with Crippen LogP contribution in [-0.4, -0.2) is 40.9 Å². The van der Waals surface area contributed by atoms with Crippen LogP contribution in [0.1, 0.15) is 32.1 Å². The van der Waals surface area contributed by atoms with Crippen LogP contribution in [0.3, 0.4) is 0 Å². The fraction of sp³-hybridized carbons (Fsp3) is 0.500. The topological polar surface area (TPSA) is 93.6 Å². The first-order valence-electron chi connectivity index (χ1n) is 8.57. The lowest BCUT2D eigenvalue weighted by atomic mass is 9.84. The number of amides is 1. The average molecular weight is 345 g/mol. The zero-order valence-electron chi connectivity index (χ0n) is 14.3. The second-order valence-corrected chi connectivity index (χ2v) is 6.37. The monoisotopic (exact) mass is 345 g/mol. The molecule has 0 unspecified atom stereocenters. The molecule has 3 rings (SSSR count). The van der Waals surface area contributed by atoms with Crippen LogP contribution in [0.5, 0.6) is 11.6 Å². The van der Waals surface area contributed by atoms with Gasteiger partial charge in [-0.1, -0.05) is 0 Å². The number of hydrogen-bond acceptors (Lipinski definition) is 5. The molecule has 0 saturated heterocycles. The molecule has 7 heteroatoms. The first-order chi connectivity index (χ1) is 12.1. The lowest BCUT2D eigenvalue weighted by Gasteiger charge is -2.28. The standard InChI is InChI=1S/C18H23N3O4/c1-24-17-7-6-15-16(21-17)10-14(11-19-15)25-9-8-12-2-4-13(5-3-12)20-18(22)23/h6-7,10-13,20H,2-5,8-9H2,1H3,(H,22,23). The minimum absolute atomic E-state index is 0.0976. The number of aromatic nitrogens is 2. The van der Waals surface area contributed by atoms with E-state index in [4.69, 9.17) is 14.6 Å². The second-order valence-electron chi connectivity index (χ2n) is 6.37. The molecule has 0 spiro atoms. The number of nitrogens with zero attached hydrogens (tertiary/aromatic N) is 2. The van der Waals surface area contributed by atoms with Gasteiger partial charge in [-0.3, -0.25) is 4.98 Å². The van der Waals surface area contributed by atoms with Gasteiger partial charge in [-0.25, -0.2) is 9.78 Å². The Morgan fingerprint density at radius 2 is 2.08 bits per heavy atom. The Labute approximate surface area is 146 Å². The minimum atomic E-state index is -0.930. The number of fused-ring (bicyclic) bond motifs is 1. The van der Waals surface area contributed by atoms with Gasteiger partial charge >= 0.3 is 6.09 Å². The number of pyridine rings is 2. The highest BCUT2D eigenvalue weighted by atomic mass is 16.5. The molecular formula is C18H23N3O4. The third-order valence-electron chi connectivity index (χ3n) is 4.67. The van der Waals surface area contributed by atoms with Crippen LogP contribution in [0.25, 0.3) is 11.0 Å². The van der Waals surface area contributed by atoms with Crippen molar-refractivity contribution in [3.8, 4) is 11.6 Å². The van der Waals surface area contributed by atoms with Crippen LogP contribution in [0.15, 0.2) is 24.4 Å². The van der Waals surface area contributed by atoms with E-state index in [1.165, 1.54) is 0 Å². The van der Waals surface area contributed by atoms with E-state index in [-0.39, 0.29) is 6.04 Å². The molecule has 2 aromatic rings. The van der Waals surface area contributed by atoms with E-state index in [9.17, 15) is 4.79 Å². The second kappa shape index (κ2) is 8.00. The normalized spacial score (nSPS) is 20.2. The molecular weight excluding hydrogens is 322 g/mol. The molecule has 2 aromatic heterocycles. The lowest BCUT2D eigenvalue weighted by molar-refractivity contribution is 0.178. The van der Waals surface area contributed by atoms with E-state index in [0.717, 1.165) is 43.1 Å². The zero-order chi connectivity index (χ0) is 17.6. The highest BCUT2D eigenvalue weighted by Crippen LogP contribution is 2.27. The van der Waals surface area contributed by atoms with Gasteiger partial charge in [0.2, 0.25) is 5.88 Å². The number of hydrogen-bond donors (Lipinski definition) is 2. The molecule has 0 aromatic carbocycles. The maximum atomic E-state index is 10.7. The van der Waals surface area contributed by atoms with Gasteiger partial charge in [0, 0.05) is 18.2 Å². The first kappa shape index (κ1) is 17.3. The van der Waals surface area contributed by atoms with E-state index >= 15 is 0 Å². The van der Waals surface area contributed by atoms with Gasteiger partial charge in [-0.05, 0) is 44.1 Å². The zero-order valence-corrected chi connectivity index (χ0v) is 14.3. The minimum Gasteiger partial charge on any atom is -0.492 e. The van der Waals surface area contributed by atoms with Gasteiger partial charge in [0.05, 0.1) is 30.9 Å². The molecule has 0 atom stereocenters. The number of rotatable bonds is 6. The Balaban J connectivity index is 1.47. The number of nitrogens with one attached hydrogen (secondary N) is 1. The molecule has 0 bridgehead atoms. The molecule has 1 aliphatic rings. The molecule has 1 aliphatic carbocycles. The molecule has 0 aliphatic heterocycles. The lowest BCUT2D eigenvalue weighted by Crippen LogP contribution is -2.36. The van der Waals surface area contributed by atoms with Crippen LogP contribution in [0.4, 0.5) is 4.79 Å². The molecule has 2 N–H and O–H groups in total. The maximum absolute atomic E-state index is 10.7. The van der Waals surface area contributed by atoms with Gasteiger partial charge < -0.3 is 19.9 Å². The summed E-state index contributed by atoms with van der Waals surface area (Å²) in [6.45, 7) is 0.624. The van der Waals surface area contributed by atoms with Crippen molar-refractivity contribution >= 4 is 17.1 Å². The predicted octanol–water partition coefficient (Wildman–Crippen LogP) is 3.23. The summed E-state index contributed by atoms with van der Waals surface area (Å²) >= 11 is 0. The average Bonchev–Trinajstić information content (AvgIpc) is 2.62. The summed E-state index contributed by atoms with van der Waals surface area (Å²) in [5.74, 6) is 1.84. The Morgan fingerprint density at radius 3 is 2.80 bits per heavy atom. The van der Waals surface area contributed by atoms with E-state index in [2.05, 4.69) is 15.3 Å². The van der Waals surface area contributed by atoms with Crippen molar-refractivity contribution in [1.29, 1.82) is 0 Å². The van der Waals surface area contributed by atoms with Crippen LogP contribution in [-0.2, 0) is 0 Å². The Hall–Kier alpha value is -2.57. The summed E-state index contributed by atoms with van der Waals surface area (Å²) < 4.78 is 11.0. The summed E-state index contributed by atoms with van der Waals surface area (Å²) in [4.78, 5) is 19.4. The van der Waals surface area contributed by atoms with Crippen molar-refractivity contribution < 1.29 is 19.4 Å². The number of methoxy groups -OCH3 is 1. The third kappa shape index (κ3) is 4.71. The van der Waals surface area contributed by atoms with Crippen molar-refractivity contribution in [2.45, 2.75) is 38.1 Å². The van der Waals surface area contributed by atoms with Crippen molar-refractivity contribution in [3.05, 3.63) is 24.4 Å². The van der Waals surface area contributed by atoms with Crippen LogP contribution < -0.4 is 14.8 Å². The predicted molar refractivity (Wildman–Crippen MR) is 93.1 cm³/mol. The first-order valence-corrected chi connectivity index (χ1v) is 8.57. The summed E-state index contributed by atoms with van der Waals surface area (Å²) in [6, 6.07) is 5.62. The Bertz CT molecular complexity index is 729. The largest absolute Gasteiger partial charge is 0.492 e. The fourth-order valence-corrected chi connectivity index (χ4v) is 3.28. The SMILES string of the molecule is COc1ccc2ncc(OCCC3CCC(NC(=O)O)CC3)cc2n1. The highest BCUT2D eigenvalue weighted by Gasteiger charge is 2.22. The molecule has 2 heterocycles. The van der Waals surface area contributed by atoms with Crippen LogP contribution in [0, 0.1) is 5.92 Å². The molecule has 1 saturated carbocycles. The van der Waals surface area contributed by atoms with Crippen molar-refractivity contribution in [1.82, 2.24) is 15.3 Å².